The van der Waals surface area contributed by atoms with E-state index in [1.54, 1.807) is 12.3 Å². The van der Waals surface area contributed by atoms with Gasteiger partial charge in [0.15, 0.2) is 5.96 Å². The van der Waals surface area contributed by atoms with E-state index in [1.165, 1.54) is 0 Å². The molecular weight excluding hydrogens is 467 g/mol. The number of guanidine groups is 1. The van der Waals surface area contributed by atoms with Gasteiger partial charge in [0, 0.05) is 45.7 Å². The summed E-state index contributed by atoms with van der Waals surface area (Å²) in [6.45, 7) is 7.65. The van der Waals surface area contributed by atoms with Crippen molar-refractivity contribution in [3.63, 3.8) is 0 Å². The van der Waals surface area contributed by atoms with Crippen LogP contribution in [0.2, 0.25) is 5.15 Å². The Hall–Kier alpha value is -0.640. The molecule has 148 valence electrons. The first kappa shape index (κ1) is 23.4. The zero-order chi connectivity index (χ0) is 17.7. The molecule has 0 amide bonds. The van der Waals surface area contributed by atoms with Crippen LogP contribution in [0.5, 0.6) is 0 Å². The lowest BCUT2D eigenvalue weighted by Crippen LogP contribution is -2.38. The Bertz CT molecular complexity index is 510. The topological polar surface area (TPSA) is 67.8 Å². The zero-order valence-corrected chi connectivity index (χ0v) is 18.5. The highest BCUT2D eigenvalue weighted by atomic mass is 127. The number of hydrogen-bond donors (Lipinski definition) is 2. The van der Waals surface area contributed by atoms with Gasteiger partial charge in [0.2, 0.25) is 0 Å². The molecule has 1 aliphatic heterocycles. The highest BCUT2D eigenvalue weighted by molar-refractivity contribution is 14.0. The first-order valence-electron chi connectivity index (χ1n) is 9.06. The summed E-state index contributed by atoms with van der Waals surface area (Å²) in [6, 6.07) is 3.72. The molecule has 0 bridgehead atoms. The maximum Gasteiger partial charge on any atom is 0.191 e. The van der Waals surface area contributed by atoms with Crippen LogP contribution in [0.25, 0.3) is 0 Å². The zero-order valence-electron chi connectivity index (χ0n) is 15.4. The Morgan fingerprint density at radius 3 is 2.85 bits per heavy atom. The van der Waals surface area contributed by atoms with Gasteiger partial charge in [0.1, 0.15) is 5.15 Å². The average Bonchev–Trinajstić information content (AvgIpc) is 2.64. The molecule has 1 aromatic heterocycles. The number of nitrogens with one attached hydrogen (secondary N) is 2. The normalized spacial score (nSPS) is 15.4. The van der Waals surface area contributed by atoms with Gasteiger partial charge in [0.05, 0.1) is 6.54 Å². The van der Waals surface area contributed by atoms with Crippen LogP contribution in [-0.2, 0) is 16.0 Å². The van der Waals surface area contributed by atoms with Crippen LogP contribution in [0.3, 0.4) is 0 Å². The molecule has 0 unspecified atom stereocenters. The summed E-state index contributed by atoms with van der Waals surface area (Å²) in [5, 5.41) is 7.08. The van der Waals surface area contributed by atoms with Gasteiger partial charge in [-0.15, -0.1) is 24.0 Å². The molecule has 6 nitrogen and oxygen atoms in total. The Balaban J connectivity index is 0.00000338. The predicted molar refractivity (Wildman–Crippen MR) is 116 cm³/mol. The number of ether oxygens (including phenoxy) is 2. The van der Waals surface area contributed by atoms with Crippen molar-refractivity contribution in [2.75, 3.05) is 39.5 Å². The largest absolute Gasteiger partial charge is 0.381 e. The maximum absolute atomic E-state index is 5.79. The third-order valence-electron chi connectivity index (χ3n) is 4.00. The van der Waals surface area contributed by atoms with E-state index < -0.39 is 0 Å². The number of pyridine rings is 1. The van der Waals surface area contributed by atoms with Crippen molar-refractivity contribution >= 4 is 41.5 Å². The number of rotatable bonds is 9. The van der Waals surface area contributed by atoms with Crippen molar-refractivity contribution in [3.8, 4) is 0 Å². The second kappa shape index (κ2) is 14.4. The van der Waals surface area contributed by atoms with Crippen LogP contribution in [0, 0.1) is 5.92 Å². The highest BCUT2D eigenvalue weighted by Gasteiger charge is 2.13. The van der Waals surface area contributed by atoms with E-state index in [1.807, 2.05) is 6.07 Å². The van der Waals surface area contributed by atoms with Crippen molar-refractivity contribution < 1.29 is 9.47 Å². The second-order valence-corrected chi connectivity index (χ2v) is 6.48. The molecule has 26 heavy (non-hydrogen) atoms. The molecule has 2 rings (SSSR count). The lowest BCUT2D eigenvalue weighted by atomic mass is 10.0. The molecule has 0 radical (unpaired) electrons. The van der Waals surface area contributed by atoms with Crippen LogP contribution in [0.4, 0.5) is 0 Å². The van der Waals surface area contributed by atoms with Gasteiger partial charge in [0.25, 0.3) is 0 Å². The van der Waals surface area contributed by atoms with E-state index in [-0.39, 0.29) is 24.0 Å². The van der Waals surface area contributed by atoms with E-state index in [2.05, 4.69) is 27.5 Å². The molecule has 0 aliphatic carbocycles. The Kier molecular flexibility index (Phi) is 13.0. The molecule has 0 aromatic carbocycles. The molecule has 1 aliphatic rings. The number of hydrogen-bond acceptors (Lipinski definition) is 4. The number of nitrogens with zero attached hydrogens (tertiary/aromatic N) is 2. The van der Waals surface area contributed by atoms with Crippen LogP contribution in [-0.4, -0.2) is 50.5 Å². The first-order valence-corrected chi connectivity index (χ1v) is 9.44. The summed E-state index contributed by atoms with van der Waals surface area (Å²) >= 11 is 5.79. The minimum absolute atomic E-state index is 0. The molecule has 2 heterocycles. The third kappa shape index (κ3) is 9.89. The number of aromatic nitrogens is 1. The Morgan fingerprint density at radius 2 is 2.15 bits per heavy atom. The molecular formula is C18H30ClIN4O2. The number of halogens is 2. The van der Waals surface area contributed by atoms with Gasteiger partial charge in [-0.2, -0.15) is 0 Å². The van der Waals surface area contributed by atoms with Gasteiger partial charge in [-0.25, -0.2) is 9.98 Å². The van der Waals surface area contributed by atoms with Gasteiger partial charge < -0.3 is 20.1 Å². The molecule has 0 atom stereocenters. The van der Waals surface area contributed by atoms with E-state index in [9.17, 15) is 0 Å². The SMILES string of the molecule is CCNC(=NCc1ccc(Cl)nc1)NCCCOCC1CCOCC1.I. The third-order valence-corrected chi connectivity index (χ3v) is 4.23. The van der Waals surface area contributed by atoms with Crippen molar-refractivity contribution in [3.05, 3.63) is 29.0 Å². The van der Waals surface area contributed by atoms with Crippen molar-refractivity contribution in [2.45, 2.75) is 32.7 Å². The van der Waals surface area contributed by atoms with Crippen molar-refractivity contribution in [2.24, 2.45) is 10.9 Å². The number of aliphatic imine (C=N–C) groups is 1. The Labute approximate surface area is 178 Å². The Morgan fingerprint density at radius 1 is 1.35 bits per heavy atom. The summed E-state index contributed by atoms with van der Waals surface area (Å²) < 4.78 is 11.1. The lowest BCUT2D eigenvalue weighted by molar-refractivity contribution is 0.0203. The molecule has 1 aromatic rings. The van der Waals surface area contributed by atoms with E-state index in [0.717, 1.165) is 70.3 Å². The van der Waals surface area contributed by atoms with Crippen molar-refractivity contribution in [1.29, 1.82) is 0 Å². The van der Waals surface area contributed by atoms with Crippen LogP contribution in [0.1, 0.15) is 31.7 Å². The maximum atomic E-state index is 5.79. The van der Waals surface area contributed by atoms with E-state index in [4.69, 9.17) is 21.1 Å². The average molecular weight is 497 g/mol. The standard InChI is InChI=1S/C18H29ClN4O2.HI/c1-2-20-18(23-13-16-4-5-17(19)22-12-16)21-8-3-9-25-14-15-6-10-24-11-7-15;/h4-5,12,15H,2-3,6-11,13-14H2,1H3,(H2,20,21,23);1H. The molecule has 2 N–H and O–H groups in total. The van der Waals surface area contributed by atoms with E-state index >= 15 is 0 Å². The molecule has 1 saturated heterocycles. The summed E-state index contributed by atoms with van der Waals surface area (Å²) in [4.78, 5) is 8.63. The van der Waals surface area contributed by atoms with Gasteiger partial charge in [-0.05, 0) is 43.7 Å². The predicted octanol–water partition coefficient (Wildman–Crippen LogP) is 3.24. The molecule has 1 fully saturated rings. The second-order valence-electron chi connectivity index (χ2n) is 6.10. The van der Waals surface area contributed by atoms with Gasteiger partial charge in [-0.1, -0.05) is 17.7 Å². The summed E-state index contributed by atoms with van der Waals surface area (Å²) in [5.41, 5.74) is 1.03. The van der Waals surface area contributed by atoms with Gasteiger partial charge in [-0.3, -0.25) is 0 Å². The quantitative estimate of drug-likeness (QED) is 0.181. The lowest BCUT2D eigenvalue weighted by Gasteiger charge is -2.21. The molecule has 0 saturated carbocycles. The fraction of sp³-hybridized carbons (Fsp3) is 0.667. The summed E-state index contributed by atoms with van der Waals surface area (Å²) in [6.07, 6.45) is 4.94. The first-order chi connectivity index (χ1) is 12.3. The fourth-order valence-corrected chi connectivity index (χ4v) is 2.67. The summed E-state index contributed by atoms with van der Waals surface area (Å²) in [7, 11) is 0. The van der Waals surface area contributed by atoms with Crippen molar-refractivity contribution in [1.82, 2.24) is 15.6 Å². The van der Waals surface area contributed by atoms with Crippen LogP contribution >= 0.6 is 35.6 Å². The molecule has 0 spiro atoms. The monoisotopic (exact) mass is 496 g/mol. The van der Waals surface area contributed by atoms with Crippen LogP contribution < -0.4 is 10.6 Å². The highest BCUT2D eigenvalue weighted by Crippen LogP contribution is 2.14. The van der Waals surface area contributed by atoms with E-state index in [0.29, 0.717) is 17.6 Å². The minimum Gasteiger partial charge on any atom is -0.381 e. The fourth-order valence-electron chi connectivity index (χ4n) is 2.56. The minimum atomic E-state index is 0. The summed E-state index contributed by atoms with van der Waals surface area (Å²) in [5.74, 6) is 1.47. The van der Waals surface area contributed by atoms with Gasteiger partial charge >= 0.3 is 0 Å². The smallest absolute Gasteiger partial charge is 0.191 e. The molecule has 8 heteroatoms. The van der Waals surface area contributed by atoms with Crippen LogP contribution in [0.15, 0.2) is 23.3 Å².